The molecular weight excluding hydrogens is 580 g/mol. The van der Waals surface area contributed by atoms with Crippen LogP contribution in [0.4, 0.5) is 15.3 Å². The van der Waals surface area contributed by atoms with Crippen molar-refractivity contribution in [2.24, 2.45) is 5.92 Å². The molecule has 0 saturated carbocycles. The number of hydrogen-bond acceptors (Lipinski definition) is 10. The number of carbonyl (C=O) groups excluding carboxylic acids is 1. The van der Waals surface area contributed by atoms with Crippen LogP contribution in [0, 0.1) is 11.7 Å². The Morgan fingerprint density at radius 1 is 1.17 bits per heavy atom. The summed E-state index contributed by atoms with van der Waals surface area (Å²) in [5.74, 6) is 2.50. The van der Waals surface area contributed by atoms with Gasteiger partial charge in [-0.2, -0.15) is 4.37 Å². The Kier molecular flexibility index (Phi) is 9.11. The zero-order valence-corrected chi connectivity index (χ0v) is 24.0. The Balaban J connectivity index is 0.00000337. The molecule has 1 N–H and O–H groups in total. The van der Waals surface area contributed by atoms with Gasteiger partial charge >= 0.3 is 0 Å². The number of benzene rings is 1. The summed E-state index contributed by atoms with van der Waals surface area (Å²) in [7, 11) is 0. The molecule has 5 heterocycles. The molecule has 1 aliphatic rings. The summed E-state index contributed by atoms with van der Waals surface area (Å²) in [6.45, 7) is 3.19. The predicted octanol–water partition coefficient (Wildman–Crippen LogP) is 7.81. The third-order valence-electron chi connectivity index (χ3n) is 6.63. The van der Waals surface area contributed by atoms with Gasteiger partial charge in [0.25, 0.3) is 0 Å². The molecule has 1 saturated heterocycles. The Bertz CT molecular complexity index is 1630. The zero-order chi connectivity index (χ0) is 27.5. The number of likely N-dealkylation sites (tertiary alicyclic amines) is 1. The Morgan fingerprint density at radius 2 is 1.98 bits per heavy atom. The number of piperidine rings is 1. The largest absolute Gasteiger partial charge is 0.453 e. The van der Waals surface area contributed by atoms with Crippen LogP contribution in [-0.2, 0) is 11.2 Å². The monoisotopic (exact) mass is 608 g/mol. The third-order valence-corrected chi connectivity index (χ3v) is 9.38. The SMILES string of the molecule is C.CC(=O)N1CCC(Cc2nsc(Nc3ncc(Sc4ccnc5ccsc45)cc3Oc3ccc(F)cc3)n2)CC1. The second kappa shape index (κ2) is 12.9. The van der Waals surface area contributed by atoms with Crippen molar-refractivity contribution in [1.82, 2.24) is 24.2 Å². The minimum Gasteiger partial charge on any atom is -0.453 e. The summed E-state index contributed by atoms with van der Waals surface area (Å²) in [6.07, 6.45) is 6.26. The van der Waals surface area contributed by atoms with Gasteiger partial charge in [-0.25, -0.2) is 14.4 Å². The topological polar surface area (TPSA) is 93.1 Å². The highest BCUT2D eigenvalue weighted by Crippen LogP contribution is 2.39. The highest BCUT2D eigenvalue weighted by atomic mass is 32.2. The number of aromatic nitrogens is 4. The molecule has 1 aromatic carbocycles. The number of pyridine rings is 2. The lowest BCUT2D eigenvalue weighted by Crippen LogP contribution is -2.37. The number of amides is 1. The molecule has 12 heteroatoms. The summed E-state index contributed by atoms with van der Waals surface area (Å²) in [4.78, 5) is 29.2. The van der Waals surface area contributed by atoms with Crippen molar-refractivity contribution < 1.29 is 13.9 Å². The number of carbonyl (C=O) groups is 1. The quantitative estimate of drug-likeness (QED) is 0.191. The summed E-state index contributed by atoms with van der Waals surface area (Å²) in [5, 5.41) is 5.91. The molecule has 41 heavy (non-hydrogen) atoms. The molecule has 6 rings (SSSR count). The van der Waals surface area contributed by atoms with Gasteiger partial charge in [-0.1, -0.05) is 19.2 Å². The van der Waals surface area contributed by atoms with Gasteiger partial charge in [-0.15, -0.1) is 11.3 Å². The Labute approximate surface area is 250 Å². The molecule has 0 aliphatic carbocycles. The van der Waals surface area contributed by atoms with Crippen molar-refractivity contribution in [2.75, 3.05) is 18.4 Å². The predicted molar refractivity (Wildman–Crippen MR) is 163 cm³/mol. The maximum absolute atomic E-state index is 13.5. The molecule has 4 aromatic heterocycles. The van der Waals surface area contributed by atoms with Crippen molar-refractivity contribution in [3.8, 4) is 11.5 Å². The molecular formula is C29H29FN6O2S3. The van der Waals surface area contributed by atoms with Crippen molar-refractivity contribution in [2.45, 2.75) is 43.4 Å². The van der Waals surface area contributed by atoms with E-state index in [1.807, 2.05) is 28.5 Å². The van der Waals surface area contributed by atoms with Crippen LogP contribution < -0.4 is 10.1 Å². The van der Waals surface area contributed by atoms with Crippen molar-refractivity contribution >= 4 is 61.7 Å². The van der Waals surface area contributed by atoms with Crippen LogP contribution in [0.25, 0.3) is 10.2 Å². The number of ether oxygens (including phenoxy) is 1. The molecule has 8 nitrogen and oxygen atoms in total. The summed E-state index contributed by atoms with van der Waals surface area (Å²) in [6, 6.07) is 11.8. The van der Waals surface area contributed by atoms with Gasteiger partial charge in [0.05, 0.1) is 10.2 Å². The van der Waals surface area contributed by atoms with E-state index in [1.165, 1.54) is 23.7 Å². The van der Waals surface area contributed by atoms with E-state index in [9.17, 15) is 9.18 Å². The van der Waals surface area contributed by atoms with E-state index in [2.05, 4.69) is 19.7 Å². The minimum atomic E-state index is -0.334. The lowest BCUT2D eigenvalue weighted by atomic mass is 9.93. The van der Waals surface area contributed by atoms with E-state index in [0.29, 0.717) is 28.4 Å². The summed E-state index contributed by atoms with van der Waals surface area (Å²) in [5.41, 5.74) is 0.959. The fraction of sp³-hybridized carbons (Fsp3) is 0.276. The van der Waals surface area contributed by atoms with Crippen molar-refractivity contribution in [3.05, 3.63) is 71.9 Å². The van der Waals surface area contributed by atoms with Gasteiger partial charge in [0.2, 0.25) is 11.0 Å². The van der Waals surface area contributed by atoms with Crippen LogP contribution in [-0.4, -0.2) is 43.2 Å². The average molecular weight is 609 g/mol. The Hall–Kier alpha value is -3.61. The average Bonchev–Trinajstić information content (AvgIpc) is 3.62. The van der Waals surface area contributed by atoms with Crippen LogP contribution in [0.5, 0.6) is 11.5 Å². The first kappa shape index (κ1) is 28.9. The first-order chi connectivity index (χ1) is 19.5. The first-order valence-electron chi connectivity index (χ1n) is 12.8. The smallest absolute Gasteiger partial charge is 0.219 e. The second-order valence-electron chi connectivity index (χ2n) is 9.41. The van der Waals surface area contributed by atoms with Crippen LogP contribution in [0.2, 0.25) is 0 Å². The normalized spacial score (nSPS) is 13.7. The van der Waals surface area contributed by atoms with E-state index in [4.69, 9.17) is 9.72 Å². The highest BCUT2D eigenvalue weighted by Gasteiger charge is 2.22. The van der Waals surface area contributed by atoms with Gasteiger partial charge in [0.1, 0.15) is 17.4 Å². The molecule has 0 atom stereocenters. The molecule has 0 radical (unpaired) electrons. The fourth-order valence-electron chi connectivity index (χ4n) is 4.54. The van der Waals surface area contributed by atoms with Gasteiger partial charge < -0.3 is 15.0 Å². The number of rotatable bonds is 8. The number of halogens is 1. The fourth-order valence-corrected chi connectivity index (χ4v) is 7.01. The number of thiophene rings is 1. The maximum Gasteiger partial charge on any atom is 0.219 e. The van der Waals surface area contributed by atoms with Gasteiger partial charge in [-0.3, -0.25) is 9.78 Å². The van der Waals surface area contributed by atoms with E-state index < -0.39 is 0 Å². The van der Waals surface area contributed by atoms with Gasteiger partial charge in [0, 0.05) is 66.2 Å². The van der Waals surface area contributed by atoms with E-state index >= 15 is 0 Å². The molecule has 1 fully saturated rings. The maximum atomic E-state index is 13.5. The van der Waals surface area contributed by atoms with Crippen LogP contribution >= 0.6 is 34.6 Å². The number of nitrogens with one attached hydrogen (secondary N) is 1. The van der Waals surface area contributed by atoms with E-state index in [-0.39, 0.29) is 19.2 Å². The molecule has 0 spiro atoms. The molecule has 1 aliphatic heterocycles. The molecule has 0 bridgehead atoms. The zero-order valence-electron chi connectivity index (χ0n) is 21.5. The van der Waals surface area contributed by atoms with Crippen LogP contribution in [0.1, 0.15) is 33.0 Å². The summed E-state index contributed by atoms with van der Waals surface area (Å²) < 4.78 is 25.3. The molecule has 1 amide bonds. The second-order valence-corrected chi connectivity index (χ2v) is 12.2. The lowest BCUT2D eigenvalue weighted by molar-refractivity contribution is -0.130. The number of hydrogen-bond donors (Lipinski definition) is 1. The standard InChI is InChI=1S/C28H25FN6O2S3.CH4/c1-17(36)35-11-7-18(8-12-35)14-25-32-28(40-34-25)33-27-23(37-20-4-2-19(29)3-5-20)15-21(16-31-27)39-24-6-10-30-22-9-13-38-26(22)24;/h2-6,9-10,13,15-16,18H,7-8,11-12,14H2,1H3,(H,31,32,33,34);1H4. The molecule has 0 unspecified atom stereocenters. The van der Waals surface area contributed by atoms with Crippen molar-refractivity contribution in [3.63, 3.8) is 0 Å². The lowest BCUT2D eigenvalue weighted by Gasteiger charge is -2.30. The van der Waals surface area contributed by atoms with E-state index in [1.54, 1.807) is 54.5 Å². The van der Waals surface area contributed by atoms with Crippen molar-refractivity contribution in [1.29, 1.82) is 0 Å². The summed E-state index contributed by atoms with van der Waals surface area (Å²) >= 11 is 4.50. The number of fused-ring (bicyclic) bond motifs is 1. The van der Waals surface area contributed by atoms with E-state index in [0.717, 1.165) is 58.2 Å². The van der Waals surface area contributed by atoms with Gasteiger partial charge in [-0.05, 0) is 60.5 Å². The number of nitrogens with zero attached hydrogens (tertiary/aromatic N) is 5. The number of anilines is 2. The van der Waals surface area contributed by atoms with Gasteiger partial charge in [0.15, 0.2) is 11.6 Å². The first-order valence-corrected chi connectivity index (χ1v) is 15.3. The molecule has 212 valence electrons. The third kappa shape index (κ3) is 7.00. The van der Waals surface area contributed by atoms with Crippen LogP contribution in [0.15, 0.2) is 70.0 Å². The molecule has 5 aromatic rings. The highest BCUT2D eigenvalue weighted by molar-refractivity contribution is 7.99. The van der Waals surface area contributed by atoms with Crippen LogP contribution in [0.3, 0.4) is 0 Å². The minimum absolute atomic E-state index is 0. The Morgan fingerprint density at radius 3 is 2.76 bits per heavy atom.